The lowest BCUT2D eigenvalue weighted by Gasteiger charge is -2.50. The lowest BCUT2D eigenvalue weighted by atomic mass is 9.49. The molecule has 6 unspecified atom stereocenters. The zero-order valence-corrected chi connectivity index (χ0v) is 29.3. The van der Waals surface area contributed by atoms with Gasteiger partial charge in [0.15, 0.2) is 0 Å². The van der Waals surface area contributed by atoms with Gasteiger partial charge in [-0.1, -0.05) is 59.6 Å². The Morgan fingerprint density at radius 1 is 0.907 bits per heavy atom. The molecule has 2 aliphatic heterocycles. The van der Waals surface area contributed by atoms with Gasteiger partial charge >= 0.3 is 5.97 Å². The standard InChI is InChI=1S/C41H33ClFN3O8/c42-24-10-8-23(9-11-24)41-32(37(49)46(40(41)53)44-26-14-12-25(43)13-15-26)21-31-28(35(41)29-6-1-2-7-33(29)54-19-18-47)16-17-30-34(31)38(50)45(36(30)48)27-5-3-4-22(20-27)39(51)52/h1-16,20,30-32,34-35,44,47H,17-19,21H2,(H,51,52). The summed E-state index contributed by atoms with van der Waals surface area (Å²) >= 11 is 6.37. The van der Waals surface area contributed by atoms with Crippen molar-refractivity contribution in [2.45, 2.75) is 24.2 Å². The number of imide groups is 2. The third kappa shape index (κ3) is 5.39. The largest absolute Gasteiger partial charge is 0.491 e. The second-order valence-corrected chi connectivity index (χ2v) is 14.3. The Kier molecular flexibility index (Phi) is 8.82. The molecule has 4 aromatic rings. The molecule has 0 aromatic heterocycles. The van der Waals surface area contributed by atoms with Gasteiger partial charge in [-0.25, -0.2) is 9.18 Å². The van der Waals surface area contributed by atoms with Gasteiger partial charge in [-0.05, 0) is 85.0 Å². The van der Waals surface area contributed by atoms with Crippen LogP contribution in [0.1, 0.15) is 40.2 Å². The summed E-state index contributed by atoms with van der Waals surface area (Å²) in [7, 11) is 0. The predicted octanol–water partition coefficient (Wildman–Crippen LogP) is 5.74. The summed E-state index contributed by atoms with van der Waals surface area (Å²) in [6.45, 7) is -0.349. The average Bonchev–Trinajstić information content (AvgIpc) is 3.56. The van der Waals surface area contributed by atoms with Gasteiger partial charge in [-0.2, -0.15) is 5.01 Å². The Bertz CT molecular complexity index is 2250. The molecule has 274 valence electrons. The maximum Gasteiger partial charge on any atom is 0.335 e. The van der Waals surface area contributed by atoms with E-state index in [1.165, 1.54) is 48.5 Å². The van der Waals surface area contributed by atoms with E-state index in [1.807, 2.05) is 6.08 Å². The van der Waals surface area contributed by atoms with Crippen molar-refractivity contribution in [1.82, 2.24) is 5.01 Å². The quantitative estimate of drug-likeness (QED) is 0.144. The van der Waals surface area contributed by atoms with E-state index in [2.05, 4.69) is 5.43 Å². The number of halogens is 2. The van der Waals surface area contributed by atoms with Gasteiger partial charge in [-0.3, -0.25) is 29.5 Å². The molecule has 4 aromatic carbocycles. The summed E-state index contributed by atoms with van der Waals surface area (Å²) < 4.78 is 20.0. The molecule has 6 atom stereocenters. The molecule has 0 bridgehead atoms. The predicted molar refractivity (Wildman–Crippen MR) is 194 cm³/mol. The highest BCUT2D eigenvalue weighted by Crippen LogP contribution is 2.65. The van der Waals surface area contributed by atoms with Crippen molar-refractivity contribution in [2.75, 3.05) is 23.5 Å². The van der Waals surface area contributed by atoms with E-state index in [0.717, 1.165) is 9.91 Å². The number of anilines is 2. The smallest absolute Gasteiger partial charge is 0.335 e. The molecule has 2 aliphatic carbocycles. The highest BCUT2D eigenvalue weighted by atomic mass is 35.5. The van der Waals surface area contributed by atoms with Gasteiger partial charge in [-0.15, -0.1) is 0 Å². The van der Waals surface area contributed by atoms with Crippen LogP contribution in [-0.4, -0.2) is 58.0 Å². The summed E-state index contributed by atoms with van der Waals surface area (Å²) in [5, 5.41) is 20.7. The first-order valence-electron chi connectivity index (χ1n) is 17.5. The van der Waals surface area contributed by atoms with Crippen LogP contribution in [0.4, 0.5) is 15.8 Å². The highest BCUT2D eigenvalue weighted by Gasteiger charge is 2.70. The molecule has 4 aliphatic rings. The SMILES string of the molecule is O=C(O)c1cccc(N2C(=O)C3CC=C4C(CC5C(=O)N(Nc6ccc(F)cc6)C(=O)C5(c5ccc(Cl)cc5)C4c4ccccc4OCCO)C3C2=O)c1. The maximum atomic E-state index is 15.3. The van der Waals surface area contributed by atoms with Gasteiger partial charge in [0.05, 0.1) is 46.7 Å². The third-order valence-corrected chi connectivity index (χ3v) is 11.4. The molecule has 4 amide bonds. The van der Waals surface area contributed by atoms with Crippen LogP contribution in [0.15, 0.2) is 109 Å². The van der Waals surface area contributed by atoms with Crippen LogP contribution in [0.2, 0.25) is 5.02 Å². The van der Waals surface area contributed by atoms with Gasteiger partial charge in [0.1, 0.15) is 18.2 Å². The van der Waals surface area contributed by atoms with E-state index < -0.39 is 70.4 Å². The normalized spacial score (nSPS) is 25.9. The number of hydrogen-bond donors (Lipinski definition) is 3. The van der Waals surface area contributed by atoms with Crippen molar-refractivity contribution in [2.24, 2.45) is 23.7 Å². The van der Waals surface area contributed by atoms with E-state index in [-0.39, 0.29) is 37.3 Å². The topological polar surface area (TPSA) is 154 Å². The minimum atomic E-state index is -1.62. The number of nitrogens with one attached hydrogen (secondary N) is 1. The molecule has 13 heteroatoms. The molecule has 54 heavy (non-hydrogen) atoms. The Hall–Kier alpha value is -5.85. The molecule has 11 nitrogen and oxygen atoms in total. The monoisotopic (exact) mass is 749 g/mol. The van der Waals surface area contributed by atoms with E-state index in [9.17, 15) is 33.8 Å². The molecular formula is C41H33ClFN3O8. The van der Waals surface area contributed by atoms with Crippen molar-refractivity contribution in [3.63, 3.8) is 0 Å². The molecule has 0 spiro atoms. The zero-order chi connectivity index (χ0) is 37.9. The van der Waals surface area contributed by atoms with Crippen LogP contribution >= 0.6 is 11.6 Å². The van der Waals surface area contributed by atoms with Crippen LogP contribution in [0.3, 0.4) is 0 Å². The summed E-state index contributed by atoms with van der Waals surface area (Å²) in [4.78, 5) is 71.6. The molecule has 2 heterocycles. The van der Waals surface area contributed by atoms with Crippen molar-refractivity contribution in [1.29, 1.82) is 0 Å². The fourth-order valence-corrected chi connectivity index (χ4v) is 9.16. The van der Waals surface area contributed by atoms with Crippen molar-refractivity contribution < 1.29 is 43.3 Å². The number of para-hydroxylation sites is 1. The number of hydrazine groups is 1. The summed E-state index contributed by atoms with van der Waals surface area (Å²) in [6.07, 6.45) is 2.05. The first-order valence-corrected chi connectivity index (χ1v) is 17.8. The number of aromatic carboxylic acids is 1. The van der Waals surface area contributed by atoms with Crippen LogP contribution in [-0.2, 0) is 24.6 Å². The first-order chi connectivity index (χ1) is 26.1. The highest BCUT2D eigenvalue weighted by molar-refractivity contribution is 6.30. The number of carbonyl (C=O) groups excluding carboxylic acids is 4. The number of aliphatic hydroxyl groups excluding tert-OH is 1. The number of ether oxygens (including phenoxy) is 1. The van der Waals surface area contributed by atoms with Gasteiger partial charge < -0.3 is 14.9 Å². The molecule has 3 N–H and O–H groups in total. The number of carbonyl (C=O) groups is 5. The van der Waals surface area contributed by atoms with Crippen molar-refractivity contribution in [3.8, 4) is 5.75 Å². The summed E-state index contributed by atoms with van der Waals surface area (Å²) in [6, 6.07) is 24.6. The Balaban J connectivity index is 1.32. The summed E-state index contributed by atoms with van der Waals surface area (Å²) in [5.74, 6) is -7.95. The van der Waals surface area contributed by atoms with Crippen LogP contribution in [0.25, 0.3) is 0 Å². The molecule has 8 rings (SSSR count). The van der Waals surface area contributed by atoms with E-state index in [4.69, 9.17) is 16.3 Å². The molecule has 0 radical (unpaired) electrons. The Morgan fingerprint density at radius 2 is 1.65 bits per heavy atom. The number of allylic oxidation sites excluding steroid dienone is 2. The number of benzene rings is 4. The van der Waals surface area contributed by atoms with E-state index in [1.54, 1.807) is 48.5 Å². The van der Waals surface area contributed by atoms with Crippen molar-refractivity contribution >= 4 is 52.6 Å². The van der Waals surface area contributed by atoms with E-state index in [0.29, 0.717) is 33.2 Å². The Labute approximate surface area is 313 Å². The number of nitrogens with zero attached hydrogens (tertiary/aromatic N) is 2. The number of rotatable bonds is 9. The van der Waals surface area contributed by atoms with Gasteiger partial charge in [0.2, 0.25) is 11.8 Å². The van der Waals surface area contributed by atoms with Crippen molar-refractivity contribution in [3.05, 3.63) is 136 Å². The first kappa shape index (κ1) is 35.2. The third-order valence-electron chi connectivity index (χ3n) is 11.2. The molecule has 1 saturated carbocycles. The van der Waals surface area contributed by atoms with E-state index >= 15 is 4.79 Å². The lowest BCUT2D eigenvalue weighted by molar-refractivity contribution is -0.138. The molecular weight excluding hydrogens is 717 g/mol. The average molecular weight is 750 g/mol. The summed E-state index contributed by atoms with van der Waals surface area (Å²) in [5.41, 5.74) is 3.33. The second-order valence-electron chi connectivity index (χ2n) is 13.9. The number of aliphatic hydroxyl groups is 1. The Morgan fingerprint density at radius 3 is 2.37 bits per heavy atom. The minimum Gasteiger partial charge on any atom is -0.491 e. The number of carboxylic acid groups (broad SMARTS) is 1. The zero-order valence-electron chi connectivity index (χ0n) is 28.5. The number of hydrogen-bond acceptors (Lipinski definition) is 8. The van der Waals surface area contributed by atoms with Gasteiger partial charge in [0.25, 0.3) is 11.8 Å². The van der Waals surface area contributed by atoms with Gasteiger partial charge in [0, 0.05) is 16.5 Å². The number of fused-ring (bicyclic) bond motifs is 4. The maximum absolute atomic E-state index is 15.3. The van der Waals surface area contributed by atoms with Crippen LogP contribution < -0.4 is 15.1 Å². The number of amides is 4. The lowest BCUT2D eigenvalue weighted by Crippen LogP contribution is -2.53. The fourth-order valence-electron chi connectivity index (χ4n) is 9.04. The molecule has 3 fully saturated rings. The number of carboxylic acids is 1. The molecule has 2 saturated heterocycles. The second kappa shape index (κ2) is 13.5. The van der Waals surface area contributed by atoms with Crippen LogP contribution in [0.5, 0.6) is 5.75 Å². The fraction of sp³-hybridized carbons (Fsp3) is 0.244. The van der Waals surface area contributed by atoms with Crippen LogP contribution in [0, 0.1) is 29.5 Å². The minimum absolute atomic E-state index is 0.0139.